The minimum absolute atomic E-state index is 0.120. The molecule has 0 spiro atoms. The number of nitrogens with zero attached hydrogens (tertiary/aromatic N) is 3. The summed E-state index contributed by atoms with van der Waals surface area (Å²) in [6, 6.07) is 2.26. The molecule has 0 aliphatic heterocycles. The number of rotatable bonds is 5. The fourth-order valence-electron chi connectivity index (χ4n) is 2.76. The van der Waals surface area contributed by atoms with Crippen molar-refractivity contribution in [1.82, 2.24) is 15.3 Å². The van der Waals surface area contributed by atoms with Crippen molar-refractivity contribution in [3.63, 3.8) is 0 Å². The Bertz CT molecular complexity index is 850. The fraction of sp³-hybridized carbons (Fsp3) is 0.529. The highest BCUT2D eigenvalue weighted by molar-refractivity contribution is 8.00. The van der Waals surface area contributed by atoms with Gasteiger partial charge in [-0.3, -0.25) is 4.79 Å². The molecule has 1 fully saturated rings. The highest BCUT2D eigenvalue weighted by Crippen LogP contribution is 2.39. The van der Waals surface area contributed by atoms with Crippen molar-refractivity contribution in [2.45, 2.75) is 51.1 Å². The van der Waals surface area contributed by atoms with Crippen LogP contribution in [0.5, 0.6) is 0 Å². The molecule has 1 aliphatic carbocycles. The van der Waals surface area contributed by atoms with E-state index in [-0.39, 0.29) is 17.6 Å². The Morgan fingerprint density at radius 3 is 2.75 bits per heavy atom. The van der Waals surface area contributed by atoms with Crippen molar-refractivity contribution in [3.05, 3.63) is 16.3 Å². The van der Waals surface area contributed by atoms with Crippen LogP contribution in [0, 0.1) is 38.0 Å². The molecule has 3 rings (SSSR count). The lowest BCUT2D eigenvalue weighted by Gasteiger charge is -2.22. The third kappa shape index (κ3) is 3.26. The smallest absolute Gasteiger partial charge is 0.231 e. The van der Waals surface area contributed by atoms with E-state index in [9.17, 15) is 10.1 Å². The molecule has 0 radical (unpaired) electrons. The van der Waals surface area contributed by atoms with Gasteiger partial charge in [0.1, 0.15) is 21.2 Å². The standard InChI is InChI=1S/C17H20N4OS2/c1-9-10(2)24-16-14(9)15(19-11(3)20-16)23-7-13(22)21-17(4,8-18)12-5-6-12/h12H,5-7H2,1-4H3,(H,21,22). The van der Waals surface area contributed by atoms with Gasteiger partial charge in [-0.15, -0.1) is 11.3 Å². The molecule has 2 heterocycles. The average molecular weight is 361 g/mol. The first kappa shape index (κ1) is 17.2. The van der Waals surface area contributed by atoms with Gasteiger partial charge in [0.05, 0.1) is 11.8 Å². The van der Waals surface area contributed by atoms with Crippen LogP contribution in [-0.2, 0) is 4.79 Å². The second-order valence-electron chi connectivity index (χ2n) is 6.46. The van der Waals surface area contributed by atoms with Crippen LogP contribution in [0.4, 0.5) is 0 Å². The zero-order chi connectivity index (χ0) is 17.5. The summed E-state index contributed by atoms with van der Waals surface area (Å²) in [6.45, 7) is 7.82. The third-order valence-electron chi connectivity index (χ3n) is 4.47. The first-order chi connectivity index (χ1) is 11.3. The minimum Gasteiger partial charge on any atom is -0.337 e. The number of thiophene rings is 1. The van der Waals surface area contributed by atoms with E-state index >= 15 is 0 Å². The number of hydrogen-bond acceptors (Lipinski definition) is 6. The third-order valence-corrected chi connectivity index (χ3v) is 6.55. The fourth-order valence-corrected chi connectivity index (χ4v) is 4.83. The van der Waals surface area contributed by atoms with E-state index in [0.717, 1.165) is 28.1 Å². The van der Waals surface area contributed by atoms with Crippen molar-refractivity contribution in [2.75, 3.05) is 5.75 Å². The van der Waals surface area contributed by atoms with Crippen molar-refractivity contribution in [2.24, 2.45) is 5.92 Å². The molecule has 0 bridgehead atoms. The van der Waals surface area contributed by atoms with Gasteiger partial charge in [-0.25, -0.2) is 9.97 Å². The van der Waals surface area contributed by atoms with Gasteiger partial charge >= 0.3 is 0 Å². The van der Waals surface area contributed by atoms with Crippen LogP contribution in [0.2, 0.25) is 0 Å². The molecule has 1 N–H and O–H groups in total. The normalized spacial score (nSPS) is 16.6. The van der Waals surface area contributed by atoms with Gasteiger partial charge in [-0.05, 0) is 52.0 Å². The number of thioether (sulfide) groups is 1. The average Bonchev–Trinajstić information content (AvgIpc) is 3.33. The minimum atomic E-state index is -0.747. The lowest BCUT2D eigenvalue weighted by atomic mass is 9.98. The first-order valence-corrected chi connectivity index (χ1v) is 9.73. The zero-order valence-electron chi connectivity index (χ0n) is 14.3. The van der Waals surface area contributed by atoms with Gasteiger partial charge in [-0.2, -0.15) is 5.26 Å². The number of aryl methyl sites for hydroxylation is 3. The van der Waals surface area contributed by atoms with E-state index in [1.54, 1.807) is 11.3 Å². The van der Waals surface area contributed by atoms with Gasteiger partial charge in [0.2, 0.25) is 5.91 Å². The summed E-state index contributed by atoms with van der Waals surface area (Å²) in [5, 5.41) is 14.1. The highest BCUT2D eigenvalue weighted by atomic mass is 32.2. The van der Waals surface area contributed by atoms with Crippen molar-refractivity contribution < 1.29 is 4.79 Å². The molecule has 0 aromatic carbocycles. The lowest BCUT2D eigenvalue weighted by Crippen LogP contribution is -2.47. The molecule has 1 saturated carbocycles. The van der Waals surface area contributed by atoms with Crippen LogP contribution in [-0.4, -0.2) is 27.2 Å². The monoisotopic (exact) mass is 360 g/mol. The van der Waals surface area contributed by atoms with Gasteiger partial charge in [0.15, 0.2) is 0 Å². The predicted molar refractivity (Wildman–Crippen MR) is 97.2 cm³/mol. The molecule has 126 valence electrons. The summed E-state index contributed by atoms with van der Waals surface area (Å²) < 4.78 is 0. The number of nitriles is 1. The number of nitrogens with one attached hydrogen (secondary N) is 1. The summed E-state index contributed by atoms with van der Waals surface area (Å²) in [7, 11) is 0. The van der Waals surface area contributed by atoms with Crippen LogP contribution in [0.1, 0.15) is 36.0 Å². The second kappa shape index (κ2) is 6.34. The van der Waals surface area contributed by atoms with E-state index in [0.29, 0.717) is 5.82 Å². The topological polar surface area (TPSA) is 78.7 Å². The molecule has 1 amide bonds. The maximum atomic E-state index is 12.3. The highest BCUT2D eigenvalue weighted by Gasteiger charge is 2.42. The molecule has 5 nitrogen and oxygen atoms in total. The summed E-state index contributed by atoms with van der Waals surface area (Å²) >= 11 is 3.08. The molecule has 1 aliphatic rings. The summed E-state index contributed by atoms with van der Waals surface area (Å²) in [5.74, 6) is 1.13. The summed E-state index contributed by atoms with van der Waals surface area (Å²) in [6.07, 6.45) is 2.02. The van der Waals surface area contributed by atoms with Crippen LogP contribution in [0.15, 0.2) is 5.03 Å². The van der Waals surface area contributed by atoms with Gasteiger partial charge in [-0.1, -0.05) is 11.8 Å². The number of hydrogen-bond donors (Lipinski definition) is 1. The van der Waals surface area contributed by atoms with Crippen molar-refractivity contribution in [1.29, 1.82) is 5.26 Å². The molecule has 1 unspecified atom stereocenters. The Morgan fingerprint density at radius 1 is 1.42 bits per heavy atom. The van der Waals surface area contributed by atoms with Gasteiger partial charge in [0, 0.05) is 10.3 Å². The quantitative estimate of drug-likeness (QED) is 0.652. The van der Waals surface area contributed by atoms with Crippen LogP contribution >= 0.6 is 23.1 Å². The maximum absolute atomic E-state index is 12.3. The molecular formula is C17H20N4OS2. The van der Waals surface area contributed by atoms with Crippen LogP contribution < -0.4 is 5.32 Å². The molecule has 1 atom stereocenters. The summed E-state index contributed by atoms with van der Waals surface area (Å²) in [5.41, 5.74) is 0.432. The molecule has 7 heteroatoms. The van der Waals surface area contributed by atoms with E-state index in [1.165, 1.54) is 22.2 Å². The number of fused-ring (bicyclic) bond motifs is 1. The Labute approximate surface area is 149 Å². The largest absolute Gasteiger partial charge is 0.337 e. The SMILES string of the molecule is Cc1nc(SCC(=O)NC(C)(C#N)C2CC2)c2c(C)c(C)sc2n1. The van der Waals surface area contributed by atoms with Gasteiger partial charge in [0.25, 0.3) is 0 Å². The van der Waals surface area contributed by atoms with E-state index in [4.69, 9.17) is 0 Å². The molecule has 2 aromatic heterocycles. The maximum Gasteiger partial charge on any atom is 0.231 e. The van der Waals surface area contributed by atoms with Crippen LogP contribution in [0.25, 0.3) is 10.2 Å². The van der Waals surface area contributed by atoms with E-state index < -0.39 is 5.54 Å². The number of amides is 1. The number of carbonyl (C=O) groups is 1. The Morgan fingerprint density at radius 2 is 2.12 bits per heavy atom. The summed E-state index contributed by atoms with van der Waals surface area (Å²) in [4.78, 5) is 23.5. The predicted octanol–water partition coefficient (Wildman–Crippen LogP) is 3.52. The molecular weight excluding hydrogens is 340 g/mol. The Hall–Kier alpha value is -1.65. The van der Waals surface area contributed by atoms with E-state index in [2.05, 4.69) is 35.2 Å². The second-order valence-corrected chi connectivity index (χ2v) is 8.63. The number of carbonyl (C=O) groups excluding carboxylic acids is 1. The van der Waals surface area contributed by atoms with Crippen LogP contribution in [0.3, 0.4) is 0 Å². The van der Waals surface area contributed by atoms with Crippen molar-refractivity contribution >= 4 is 39.2 Å². The molecule has 2 aromatic rings. The van der Waals surface area contributed by atoms with E-state index in [1.807, 2.05) is 13.8 Å². The zero-order valence-corrected chi connectivity index (χ0v) is 15.9. The first-order valence-electron chi connectivity index (χ1n) is 7.93. The molecule has 0 saturated heterocycles. The van der Waals surface area contributed by atoms with Crippen molar-refractivity contribution in [3.8, 4) is 6.07 Å². The van der Waals surface area contributed by atoms with Gasteiger partial charge < -0.3 is 5.32 Å². The Kier molecular flexibility index (Phi) is 4.54. The Balaban J connectivity index is 1.76. The lowest BCUT2D eigenvalue weighted by molar-refractivity contribution is -0.119. The number of aromatic nitrogens is 2. The molecule has 24 heavy (non-hydrogen) atoms.